The summed E-state index contributed by atoms with van der Waals surface area (Å²) in [5.74, 6) is 6.36. The summed E-state index contributed by atoms with van der Waals surface area (Å²) >= 11 is 0. The van der Waals surface area contributed by atoms with E-state index >= 15 is 0 Å². The van der Waals surface area contributed by atoms with Crippen LogP contribution in [0.5, 0.6) is 0 Å². The first-order valence-corrected chi connectivity index (χ1v) is 40.9. The van der Waals surface area contributed by atoms with Gasteiger partial charge in [-0.25, -0.2) is 9.98 Å². The van der Waals surface area contributed by atoms with Gasteiger partial charge in [-0.1, -0.05) is 315 Å². The van der Waals surface area contributed by atoms with Crippen LogP contribution in [0.1, 0.15) is 304 Å². The van der Waals surface area contributed by atoms with E-state index in [0.29, 0.717) is 71.0 Å². The molecule has 0 fully saturated rings. The van der Waals surface area contributed by atoms with Crippen molar-refractivity contribution in [3.63, 3.8) is 0 Å². The number of nitrogens with one attached hydrogen (secondary N) is 2. The Kier molecular flexibility index (Phi) is 25.6. The first kappa shape index (κ1) is 73.0. The van der Waals surface area contributed by atoms with Crippen molar-refractivity contribution in [1.29, 1.82) is 0 Å². The van der Waals surface area contributed by atoms with Crippen molar-refractivity contribution in [1.82, 2.24) is 0 Å². The van der Waals surface area contributed by atoms with E-state index in [-0.39, 0.29) is 0 Å². The predicted octanol–water partition coefficient (Wildman–Crippen LogP) is 25.7. The molecule has 88 heavy (non-hydrogen) atoms. The molecular weight excluding hydrogens is 1100 g/mol. The number of guanidine groups is 2. The number of aliphatic imine (C=N–C) groups is 2. The van der Waals surface area contributed by atoms with Crippen LogP contribution < -0.4 is 19.8 Å². The largest absolute Gasteiger partial charge is 0.340 e. The fraction of sp³-hybridized carbons (Fsp3) is 0.525. The van der Waals surface area contributed by atoms with E-state index in [1.807, 2.05) is 0 Å². The molecule has 0 saturated carbocycles. The molecule has 8 heteroatoms. The molecule has 0 spiro atoms. The van der Waals surface area contributed by atoms with Crippen LogP contribution in [-0.4, -0.2) is 28.4 Å². The molecule has 0 amide bonds. The molecule has 0 aliphatic heterocycles. The fourth-order valence-corrected chi connectivity index (χ4v) is 15.8. The van der Waals surface area contributed by atoms with Crippen molar-refractivity contribution in [3.8, 4) is 0 Å². The van der Waals surface area contributed by atoms with Crippen molar-refractivity contribution in [2.24, 2.45) is 9.98 Å². The molecule has 2 N–H and O–H groups in total. The Morgan fingerprint density at radius 3 is 0.580 bits per heavy atom. The third-order valence-corrected chi connectivity index (χ3v) is 20.8. The topological polar surface area (TPSA) is 55.3 Å². The molecule has 0 bridgehead atoms. The lowest BCUT2D eigenvalue weighted by molar-refractivity contribution is 0.830. The molecule has 0 atom stereocenters. The van der Waals surface area contributed by atoms with Gasteiger partial charge in [-0.15, -0.1) is 0 Å². The van der Waals surface area contributed by atoms with Gasteiger partial charge in [0.25, 0.3) is 0 Å². The smallest absolute Gasteiger partial charge is 0.200 e. The number of anilines is 4. The maximum Gasteiger partial charge on any atom is 0.200 e. The van der Waals surface area contributed by atoms with Crippen molar-refractivity contribution in [2.75, 3.05) is 19.8 Å². The lowest BCUT2D eigenvalue weighted by Crippen LogP contribution is -2.53. The summed E-state index contributed by atoms with van der Waals surface area (Å²) in [7, 11) is -4.18. The summed E-state index contributed by atoms with van der Waals surface area (Å²) in [6.45, 7) is 70.1. The summed E-state index contributed by atoms with van der Waals surface area (Å²) in [6.07, 6.45) is 0. The maximum atomic E-state index is 5.81. The summed E-state index contributed by atoms with van der Waals surface area (Å²) < 4.78 is 5.31. The molecule has 0 saturated heterocycles. The van der Waals surface area contributed by atoms with Crippen LogP contribution in [0.25, 0.3) is 0 Å². The number of benzene rings is 6. The van der Waals surface area contributed by atoms with Gasteiger partial charge in [0.2, 0.25) is 0 Å². The van der Waals surface area contributed by atoms with Crippen LogP contribution in [-0.2, 0) is 0 Å². The third kappa shape index (κ3) is 17.4. The first-order valence-electron chi connectivity index (χ1n) is 34.0. The SMILES string of the molecule is CC(C)c1cccc(C(C)C)c1N=C(Nc1c(C(C)C)cccc1C(C)C)N(c1c(C(C)C)cccc1C(C)C)[Si](C)(C)C.CC(C)c1cccc(C(C)C)c1N=C(Nc1c(C(C)C)cccc1C(C)C)N(c1c(C(C)C)cccc1C(C)C)[Si](C)(C)C. The molecule has 0 aliphatic carbocycles. The maximum absolute atomic E-state index is 5.81. The van der Waals surface area contributed by atoms with Crippen molar-refractivity contribution in [3.05, 3.63) is 176 Å². The third-order valence-electron chi connectivity index (χ3n) is 17.2. The molecule has 0 heterocycles. The Labute approximate surface area is 541 Å². The highest BCUT2D eigenvalue weighted by atomic mass is 28.3. The Balaban J connectivity index is 0.000000321. The zero-order valence-electron chi connectivity index (χ0n) is 61.1. The van der Waals surface area contributed by atoms with Gasteiger partial charge in [0.15, 0.2) is 28.4 Å². The summed E-state index contributed by atoms with van der Waals surface area (Å²) in [4.78, 5) is 11.6. The zero-order chi connectivity index (χ0) is 66.2. The van der Waals surface area contributed by atoms with Gasteiger partial charge < -0.3 is 19.8 Å². The van der Waals surface area contributed by atoms with E-state index in [1.165, 1.54) is 89.5 Å². The lowest BCUT2D eigenvalue weighted by atomic mass is 9.92. The molecule has 0 unspecified atom stereocenters. The second-order valence-electron chi connectivity index (χ2n) is 30.8. The minimum atomic E-state index is -2.09. The Morgan fingerprint density at radius 2 is 0.420 bits per heavy atom. The van der Waals surface area contributed by atoms with Crippen LogP contribution in [0, 0.1) is 0 Å². The van der Waals surface area contributed by atoms with Crippen molar-refractivity contribution >= 4 is 62.5 Å². The molecule has 6 rings (SSSR count). The number of hydrogen-bond donors (Lipinski definition) is 2. The predicted molar refractivity (Wildman–Crippen MR) is 401 cm³/mol. The van der Waals surface area contributed by atoms with Crippen molar-refractivity contribution in [2.45, 2.75) is 276 Å². The summed E-state index contributed by atoms with van der Waals surface area (Å²) in [6, 6.07) is 40.9. The molecule has 0 radical (unpaired) electrons. The Bertz CT molecular complexity index is 2940. The first-order chi connectivity index (χ1) is 40.9. The Hall–Kier alpha value is -5.71. The molecular formula is C80H122N6Si2. The standard InChI is InChI=1S/2C40H61N3Si/c2*1-25(2)31-19-16-20-32(26(3)4)37(31)41-40(42-38-33(27(5)6)21-17-22-34(38)28(7)8)43(44(13,14)15)39-35(29(9)10)23-18-24-36(39)30(11)12/h2*16-30H,1-15H3,(H,41,42). The molecule has 6 aromatic carbocycles. The van der Waals surface area contributed by atoms with Crippen LogP contribution in [0.3, 0.4) is 0 Å². The minimum absolute atomic E-state index is 0.359. The van der Waals surface area contributed by atoms with Gasteiger partial charge in [-0.05, 0) is 138 Å². The molecule has 0 aromatic heterocycles. The molecule has 6 nitrogen and oxygen atoms in total. The van der Waals surface area contributed by atoms with Crippen LogP contribution >= 0.6 is 0 Å². The highest BCUT2D eigenvalue weighted by molar-refractivity contribution is 6.84. The number of nitrogens with zero attached hydrogens (tertiary/aromatic N) is 4. The monoisotopic (exact) mass is 1220 g/mol. The van der Waals surface area contributed by atoms with E-state index in [9.17, 15) is 0 Å². The second kappa shape index (κ2) is 30.9. The van der Waals surface area contributed by atoms with Gasteiger partial charge in [-0.2, -0.15) is 0 Å². The summed E-state index contributed by atoms with van der Waals surface area (Å²) in [5, 5.41) is 8.22. The Morgan fingerprint density at radius 1 is 0.261 bits per heavy atom. The normalized spacial score (nSPS) is 12.9. The van der Waals surface area contributed by atoms with E-state index in [1.54, 1.807) is 0 Å². The molecule has 480 valence electrons. The van der Waals surface area contributed by atoms with E-state index in [2.05, 4.69) is 334 Å². The quantitative estimate of drug-likeness (QED) is 0.0454. The van der Waals surface area contributed by atoms with E-state index in [0.717, 1.165) is 23.3 Å². The van der Waals surface area contributed by atoms with E-state index < -0.39 is 16.5 Å². The van der Waals surface area contributed by atoms with Crippen LogP contribution in [0.4, 0.5) is 34.1 Å². The van der Waals surface area contributed by atoms with Gasteiger partial charge >= 0.3 is 0 Å². The summed E-state index contributed by atoms with van der Waals surface area (Å²) in [5.41, 5.74) is 23.4. The van der Waals surface area contributed by atoms with Gasteiger partial charge in [0.1, 0.15) is 0 Å². The second-order valence-corrected chi connectivity index (χ2v) is 40.3. The molecule has 6 aromatic rings. The zero-order valence-corrected chi connectivity index (χ0v) is 63.1. The number of hydrogen-bond acceptors (Lipinski definition) is 2. The number of para-hydroxylation sites is 6. The number of rotatable bonds is 20. The molecule has 0 aliphatic rings. The average Bonchev–Trinajstić information content (AvgIpc) is 3.41. The van der Waals surface area contributed by atoms with Gasteiger partial charge in [0, 0.05) is 22.7 Å². The van der Waals surface area contributed by atoms with Crippen LogP contribution in [0.15, 0.2) is 119 Å². The highest BCUT2D eigenvalue weighted by Crippen LogP contribution is 2.45. The van der Waals surface area contributed by atoms with E-state index in [4.69, 9.17) is 9.98 Å². The van der Waals surface area contributed by atoms with Gasteiger partial charge in [0.05, 0.1) is 11.4 Å². The lowest BCUT2D eigenvalue weighted by Gasteiger charge is -2.41. The fourth-order valence-electron chi connectivity index (χ4n) is 12.4. The minimum Gasteiger partial charge on any atom is -0.340 e. The van der Waals surface area contributed by atoms with Gasteiger partial charge in [-0.3, -0.25) is 0 Å². The average molecular weight is 1220 g/mol. The van der Waals surface area contributed by atoms with Crippen molar-refractivity contribution < 1.29 is 0 Å². The van der Waals surface area contributed by atoms with Crippen LogP contribution in [0.2, 0.25) is 39.3 Å². The highest BCUT2D eigenvalue weighted by Gasteiger charge is 2.37.